The lowest BCUT2D eigenvalue weighted by atomic mass is 10.2. The number of hydrogen-bond acceptors (Lipinski definition) is 5. The molecule has 0 saturated carbocycles. The van der Waals surface area contributed by atoms with Gasteiger partial charge in [-0.1, -0.05) is 29.8 Å². The van der Waals surface area contributed by atoms with Gasteiger partial charge in [0.2, 0.25) is 0 Å². The molecule has 0 saturated heterocycles. The van der Waals surface area contributed by atoms with Gasteiger partial charge in [0, 0.05) is 28.5 Å². The number of halogens is 1. The molecule has 2 aromatic heterocycles. The van der Waals surface area contributed by atoms with Crippen LogP contribution in [0.5, 0.6) is 11.5 Å². The minimum atomic E-state index is 0.475. The molecule has 0 aliphatic heterocycles. The third kappa shape index (κ3) is 4.64. The molecule has 0 radical (unpaired) electrons. The number of hydrogen-bond donors (Lipinski definition) is 1. The SMILES string of the molecule is Clc1cc(NCc2cnc(-c3ccc(Oc4ccccc4)cc3)s2)ccn1. The molecule has 134 valence electrons. The maximum atomic E-state index is 5.90. The Morgan fingerprint density at radius 3 is 2.48 bits per heavy atom. The van der Waals surface area contributed by atoms with Crippen LogP contribution in [-0.2, 0) is 6.54 Å². The summed E-state index contributed by atoms with van der Waals surface area (Å²) >= 11 is 7.56. The van der Waals surface area contributed by atoms with E-state index in [1.165, 1.54) is 0 Å². The molecule has 4 rings (SSSR count). The fourth-order valence-corrected chi connectivity index (χ4v) is 3.55. The predicted molar refractivity (Wildman–Crippen MR) is 111 cm³/mol. The second-order valence-electron chi connectivity index (χ2n) is 5.79. The van der Waals surface area contributed by atoms with Gasteiger partial charge in [0.25, 0.3) is 0 Å². The maximum absolute atomic E-state index is 5.90. The van der Waals surface area contributed by atoms with Gasteiger partial charge < -0.3 is 10.1 Å². The number of nitrogens with one attached hydrogen (secondary N) is 1. The third-order valence-electron chi connectivity index (χ3n) is 3.83. The van der Waals surface area contributed by atoms with Crippen molar-refractivity contribution in [2.45, 2.75) is 6.54 Å². The minimum absolute atomic E-state index is 0.475. The van der Waals surface area contributed by atoms with Crippen LogP contribution in [0.1, 0.15) is 4.88 Å². The van der Waals surface area contributed by atoms with Gasteiger partial charge in [0.05, 0.1) is 6.54 Å². The van der Waals surface area contributed by atoms with Gasteiger partial charge >= 0.3 is 0 Å². The van der Waals surface area contributed by atoms with E-state index < -0.39 is 0 Å². The van der Waals surface area contributed by atoms with E-state index in [0.29, 0.717) is 11.7 Å². The van der Waals surface area contributed by atoms with Crippen LogP contribution in [0.3, 0.4) is 0 Å². The van der Waals surface area contributed by atoms with Crippen molar-refractivity contribution >= 4 is 28.6 Å². The van der Waals surface area contributed by atoms with Crippen molar-refractivity contribution in [3.8, 4) is 22.1 Å². The molecule has 2 heterocycles. The zero-order chi connectivity index (χ0) is 18.5. The molecule has 0 atom stereocenters. The summed E-state index contributed by atoms with van der Waals surface area (Å²) in [6, 6.07) is 21.4. The lowest BCUT2D eigenvalue weighted by Gasteiger charge is -2.05. The van der Waals surface area contributed by atoms with Crippen LogP contribution >= 0.6 is 22.9 Å². The fourth-order valence-electron chi connectivity index (χ4n) is 2.51. The lowest BCUT2D eigenvalue weighted by Crippen LogP contribution is -1.97. The van der Waals surface area contributed by atoms with E-state index in [9.17, 15) is 0 Å². The quantitative estimate of drug-likeness (QED) is 0.392. The van der Waals surface area contributed by atoms with E-state index >= 15 is 0 Å². The van der Waals surface area contributed by atoms with E-state index in [4.69, 9.17) is 16.3 Å². The van der Waals surface area contributed by atoms with Crippen molar-refractivity contribution in [1.82, 2.24) is 9.97 Å². The molecule has 0 unspecified atom stereocenters. The van der Waals surface area contributed by atoms with Crippen LogP contribution in [-0.4, -0.2) is 9.97 Å². The van der Waals surface area contributed by atoms with Crippen LogP contribution in [0.15, 0.2) is 79.1 Å². The number of anilines is 1. The largest absolute Gasteiger partial charge is 0.457 e. The zero-order valence-corrected chi connectivity index (χ0v) is 15.9. The van der Waals surface area contributed by atoms with Gasteiger partial charge in [-0.05, 0) is 48.5 Å². The molecular formula is C21H16ClN3OS. The molecule has 1 N–H and O–H groups in total. The molecule has 0 spiro atoms. The van der Waals surface area contributed by atoms with Crippen molar-refractivity contribution in [1.29, 1.82) is 0 Å². The summed E-state index contributed by atoms with van der Waals surface area (Å²) in [6.07, 6.45) is 3.58. The Balaban J connectivity index is 1.40. The monoisotopic (exact) mass is 393 g/mol. The molecule has 0 aliphatic carbocycles. The zero-order valence-electron chi connectivity index (χ0n) is 14.3. The van der Waals surface area contributed by atoms with Gasteiger partial charge in [0.15, 0.2) is 0 Å². The van der Waals surface area contributed by atoms with E-state index in [-0.39, 0.29) is 0 Å². The number of ether oxygens (including phenoxy) is 1. The van der Waals surface area contributed by atoms with E-state index in [0.717, 1.165) is 32.6 Å². The number of thiazole rings is 1. The number of aromatic nitrogens is 2. The van der Waals surface area contributed by atoms with Crippen LogP contribution in [0, 0.1) is 0 Å². The molecule has 0 fully saturated rings. The maximum Gasteiger partial charge on any atom is 0.131 e. The summed E-state index contributed by atoms with van der Waals surface area (Å²) in [7, 11) is 0. The number of benzene rings is 2. The van der Waals surface area contributed by atoms with Crippen LogP contribution in [0.4, 0.5) is 5.69 Å². The number of para-hydroxylation sites is 1. The van der Waals surface area contributed by atoms with Crippen molar-refractivity contribution in [2.24, 2.45) is 0 Å². The predicted octanol–water partition coefficient (Wildman–Crippen LogP) is 6.26. The van der Waals surface area contributed by atoms with Crippen molar-refractivity contribution in [3.05, 3.63) is 89.2 Å². The Hall–Kier alpha value is -2.89. The second kappa shape index (κ2) is 8.20. The average Bonchev–Trinajstić information content (AvgIpc) is 3.17. The lowest BCUT2D eigenvalue weighted by molar-refractivity contribution is 0.483. The molecule has 4 aromatic rings. The molecule has 6 heteroatoms. The molecule has 0 aliphatic rings. The molecular weight excluding hydrogens is 378 g/mol. The second-order valence-corrected chi connectivity index (χ2v) is 7.29. The Labute approximate surface area is 166 Å². The van der Waals surface area contributed by atoms with E-state index in [1.54, 1.807) is 23.6 Å². The summed E-state index contributed by atoms with van der Waals surface area (Å²) in [5.74, 6) is 1.63. The molecule has 27 heavy (non-hydrogen) atoms. The Kier molecular flexibility index (Phi) is 5.32. The summed E-state index contributed by atoms with van der Waals surface area (Å²) in [5, 5.41) is 4.78. The Morgan fingerprint density at radius 1 is 0.926 bits per heavy atom. The van der Waals surface area contributed by atoms with Crippen LogP contribution in [0.25, 0.3) is 10.6 Å². The highest BCUT2D eigenvalue weighted by Gasteiger charge is 2.06. The first kappa shape index (κ1) is 17.5. The van der Waals surface area contributed by atoms with Gasteiger partial charge in [-0.25, -0.2) is 9.97 Å². The number of nitrogens with zero attached hydrogens (tertiary/aromatic N) is 2. The molecule has 2 aromatic carbocycles. The average molecular weight is 394 g/mol. The van der Waals surface area contributed by atoms with Gasteiger partial charge in [-0.2, -0.15) is 0 Å². The first-order valence-corrected chi connectivity index (χ1v) is 9.59. The standard InChI is InChI=1S/C21H16ClN3OS/c22-20-12-16(10-11-23-20)24-13-19-14-25-21(27-19)15-6-8-18(9-7-15)26-17-4-2-1-3-5-17/h1-12,14H,13H2,(H,23,24). The topological polar surface area (TPSA) is 47.0 Å². The first-order valence-electron chi connectivity index (χ1n) is 8.40. The van der Waals surface area contributed by atoms with Gasteiger partial charge in [-0.3, -0.25) is 0 Å². The summed E-state index contributed by atoms with van der Waals surface area (Å²) in [4.78, 5) is 9.65. The highest BCUT2D eigenvalue weighted by Crippen LogP contribution is 2.29. The van der Waals surface area contributed by atoms with Gasteiger partial charge in [-0.15, -0.1) is 11.3 Å². The molecule has 0 amide bonds. The Bertz CT molecular complexity index is 1020. The summed E-state index contributed by atoms with van der Waals surface area (Å²) < 4.78 is 5.83. The number of pyridine rings is 1. The highest BCUT2D eigenvalue weighted by molar-refractivity contribution is 7.15. The van der Waals surface area contributed by atoms with Crippen LogP contribution in [0.2, 0.25) is 5.15 Å². The first-order chi connectivity index (χ1) is 13.3. The fraction of sp³-hybridized carbons (Fsp3) is 0.0476. The van der Waals surface area contributed by atoms with E-state index in [2.05, 4.69) is 15.3 Å². The molecule has 4 nitrogen and oxygen atoms in total. The van der Waals surface area contributed by atoms with Crippen molar-refractivity contribution in [2.75, 3.05) is 5.32 Å². The molecule has 0 bridgehead atoms. The van der Waals surface area contributed by atoms with Crippen molar-refractivity contribution in [3.63, 3.8) is 0 Å². The third-order valence-corrected chi connectivity index (χ3v) is 5.08. The highest BCUT2D eigenvalue weighted by atomic mass is 35.5. The minimum Gasteiger partial charge on any atom is -0.457 e. The van der Waals surface area contributed by atoms with Gasteiger partial charge in [0.1, 0.15) is 21.7 Å². The van der Waals surface area contributed by atoms with Crippen LogP contribution < -0.4 is 10.1 Å². The number of rotatable bonds is 6. The normalized spacial score (nSPS) is 10.6. The summed E-state index contributed by atoms with van der Waals surface area (Å²) in [6.45, 7) is 0.688. The Morgan fingerprint density at radius 2 is 1.70 bits per heavy atom. The van der Waals surface area contributed by atoms with E-state index in [1.807, 2.05) is 66.9 Å². The van der Waals surface area contributed by atoms with Crippen molar-refractivity contribution < 1.29 is 4.74 Å². The smallest absolute Gasteiger partial charge is 0.131 e. The summed E-state index contributed by atoms with van der Waals surface area (Å²) in [5.41, 5.74) is 2.01.